The number of thiocarbonyl (C=S) groups is 1. The van der Waals surface area contributed by atoms with Crippen LogP contribution in [0.3, 0.4) is 0 Å². The maximum Gasteiger partial charge on any atom is 0.239 e. The molecule has 1 amide bonds. The predicted molar refractivity (Wildman–Crippen MR) is 136 cm³/mol. The number of carbonyl (C=O) groups is 1. The molecule has 1 fully saturated rings. The summed E-state index contributed by atoms with van der Waals surface area (Å²) >= 11 is 6.57. The maximum absolute atomic E-state index is 12.3. The highest BCUT2D eigenvalue weighted by Crippen LogP contribution is 2.49. The number of amides is 1. The lowest BCUT2D eigenvalue weighted by Crippen LogP contribution is -2.33. The van der Waals surface area contributed by atoms with Gasteiger partial charge in [0.15, 0.2) is 0 Å². The van der Waals surface area contributed by atoms with Crippen molar-refractivity contribution in [3.05, 3.63) is 47.0 Å². The fourth-order valence-electron chi connectivity index (χ4n) is 4.92. The van der Waals surface area contributed by atoms with Crippen LogP contribution in [0.5, 0.6) is 11.5 Å². The Bertz CT molecular complexity index is 1090. The average Bonchev–Trinajstić information content (AvgIpc) is 3.07. The van der Waals surface area contributed by atoms with Crippen LogP contribution >= 0.6 is 24.0 Å². The second-order valence-corrected chi connectivity index (χ2v) is 11.8. The van der Waals surface area contributed by atoms with Crippen LogP contribution in [0.25, 0.3) is 11.1 Å². The first-order valence-electron chi connectivity index (χ1n) is 11.0. The van der Waals surface area contributed by atoms with E-state index in [2.05, 4.69) is 51.2 Å². The van der Waals surface area contributed by atoms with Gasteiger partial charge in [0, 0.05) is 0 Å². The average molecular weight is 470 g/mol. The van der Waals surface area contributed by atoms with E-state index in [0.717, 1.165) is 34.6 Å². The molecule has 2 aromatic rings. The highest BCUT2D eigenvalue weighted by Gasteiger charge is 2.37. The van der Waals surface area contributed by atoms with E-state index in [-0.39, 0.29) is 22.0 Å². The molecule has 2 aliphatic rings. The summed E-state index contributed by atoms with van der Waals surface area (Å²) in [5.74, 6) is 1.47. The standard InChI is InChI=1S/C26H31NO3S2/c1-25(2)11-12-26(3,4)18-13-15(7-9-17(18)25)21-19(29-5)10-8-16(22(21)30-6)14-20-23(28)27-24(31)32-20/h7-10,13,20H,11-12,14H2,1-6H3,(H,27,28,31). The SMILES string of the molecule is COc1ccc(CC2SC(=S)NC2=O)c(OC)c1-c1ccc2c(c1)C(C)(C)CCC2(C)C. The molecule has 1 N–H and O–H groups in total. The summed E-state index contributed by atoms with van der Waals surface area (Å²) in [6, 6.07) is 10.7. The quantitative estimate of drug-likeness (QED) is 0.563. The van der Waals surface area contributed by atoms with Gasteiger partial charge >= 0.3 is 0 Å². The van der Waals surface area contributed by atoms with E-state index in [1.165, 1.54) is 29.3 Å². The lowest BCUT2D eigenvalue weighted by atomic mass is 9.63. The van der Waals surface area contributed by atoms with Crippen molar-refractivity contribution in [2.45, 2.75) is 63.0 Å². The second-order valence-electron chi connectivity index (χ2n) is 9.95. The Kier molecular flexibility index (Phi) is 6.05. The molecule has 0 bridgehead atoms. The van der Waals surface area contributed by atoms with Crippen LogP contribution in [-0.4, -0.2) is 29.7 Å². The van der Waals surface area contributed by atoms with E-state index in [0.29, 0.717) is 10.7 Å². The predicted octanol–water partition coefficient (Wildman–Crippen LogP) is 5.78. The number of ether oxygens (including phenoxy) is 2. The molecule has 1 atom stereocenters. The first-order chi connectivity index (χ1) is 15.1. The van der Waals surface area contributed by atoms with Crippen LogP contribution in [-0.2, 0) is 22.0 Å². The number of hydrogen-bond donors (Lipinski definition) is 1. The third-order valence-electron chi connectivity index (χ3n) is 6.94. The number of fused-ring (bicyclic) bond motifs is 1. The normalized spacial score (nSPS) is 21.1. The minimum atomic E-state index is -0.249. The van der Waals surface area contributed by atoms with Gasteiger partial charge in [0.2, 0.25) is 5.91 Å². The number of thioether (sulfide) groups is 1. The molecule has 0 aromatic heterocycles. The minimum Gasteiger partial charge on any atom is -0.496 e. The highest BCUT2D eigenvalue weighted by atomic mass is 32.2. The molecule has 4 nitrogen and oxygen atoms in total. The van der Waals surface area contributed by atoms with Crippen LogP contribution in [0.4, 0.5) is 0 Å². The summed E-state index contributed by atoms with van der Waals surface area (Å²) in [5, 5.41) is 2.49. The smallest absolute Gasteiger partial charge is 0.239 e. The molecular formula is C26H31NO3S2. The topological polar surface area (TPSA) is 47.6 Å². The van der Waals surface area contributed by atoms with E-state index in [1.54, 1.807) is 14.2 Å². The maximum atomic E-state index is 12.3. The number of carbonyl (C=O) groups excluding carboxylic acids is 1. The first kappa shape index (κ1) is 23.1. The first-order valence-corrected chi connectivity index (χ1v) is 12.3. The van der Waals surface area contributed by atoms with Gasteiger partial charge in [-0.2, -0.15) is 0 Å². The van der Waals surface area contributed by atoms with Crippen LogP contribution in [0.2, 0.25) is 0 Å². The summed E-state index contributed by atoms with van der Waals surface area (Å²) in [6.07, 6.45) is 2.87. The van der Waals surface area contributed by atoms with E-state index < -0.39 is 0 Å². The van der Waals surface area contributed by atoms with Gasteiger partial charge in [-0.1, -0.05) is 75.9 Å². The Morgan fingerprint density at radius 3 is 2.31 bits per heavy atom. The molecule has 32 heavy (non-hydrogen) atoms. The van der Waals surface area contributed by atoms with Crippen molar-refractivity contribution in [1.29, 1.82) is 0 Å². The summed E-state index contributed by atoms with van der Waals surface area (Å²) < 4.78 is 12.2. The highest BCUT2D eigenvalue weighted by molar-refractivity contribution is 8.24. The number of methoxy groups -OCH3 is 2. The van der Waals surface area contributed by atoms with Gasteiger partial charge in [0.25, 0.3) is 0 Å². The Morgan fingerprint density at radius 2 is 1.72 bits per heavy atom. The zero-order valence-corrected chi connectivity index (χ0v) is 21.3. The molecule has 0 saturated carbocycles. The fourth-order valence-corrected chi connectivity index (χ4v) is 6.21. The molecule has 1 aliphatic heterocycles. The van der Waals surface area contributed by atoms with Crippen LogP contribution in [0, 0.1) is 0 Å². The Hall–Kier alpha value is -2.05. The second kappa shape index (κ2) is 8.38. The van der Waals surface area contributed by atoms with E-state index in [1.807, 2.05) is 12.1 Å². The van der Waals surface area contributed by atoms with Gasteiger partial charge in [-0.25, -0.2) is 0 Å². The molecule has 1 unspecified atom stereocenters. The molecule has 1 aliphatic carbocycles. The van der Waals surface area contributed by atoms with Crippen molar-refractivity contribution in [1.82, 2.24) is 5.32 Å². The zero-order valence-electron chi connectivity index (χ0n) is 19.6. The van der Waals surface area contributed by atoms with Gasteiger partial charge in [-0.15, -0.1) is 0 Å². The zero-order chi connectivity index (χ0) is 23.3. The van der Waals surface area contributed by atoms with Gasteiger partial charge in [0.1, 0.15) is 15.8 Å². The van der Waals surface area contributed by atoms with E-state index in [4.69, 9.17) is 21.7 Å². The van der Waals surface area contributed by atoms with Gasteiger partial charge in [-0.3, -0.25) is 4.79 Å². The van der Waals surface area contributed by atoms with Crippen molar-refractivity contribution in [3.63, 3.8) is 0 Å². The van der Waals surface area contributed by atoms with Crippen molar-refractivity contribution >= 4 is 34.2 Å². The van der Waals surface area contributed by atoms with Crippen molar-refractivity contribution in [2.75, 3.05) is 14.2 Å². The van der Waals surface area contributed by atoms with E-state index >= 15 is 0 Å². The molecule has 0 radical (unpaired) electrons. The number of rotatable bonds is 5. The van der Waals surface area contributed by atoms with Gasteiger partial charge < -0.3 is 14.8 Å². The fraction of sp³-hybridized carbons (Fsp3) is 0.462. The molecule has 1 heterocycles. The summed E-state index contributed by atoms with van der Waals surface area (Å²) in [5.41, 5.74) is 6.04. The number of benzene rings is 2. The lowest BCUT2D eigenvalue weighted by Gasteiger charge is -2.42. The molecule has 1 saturated heterocycles. The van der Waals surface area contributed by atoms with Gasteiger partial charge in [0.05, 0.1) is 25.0 Å². The van der Waals surface area contributed by atoms with Gasteiger partial charge in [-0.05, 0) is 58.4 Å². The molecule has 170 valence electrons. The molecular weight excluding hydrogens is 438 g/mol. The van der Waals surface area contributed by atoms with Crippen molar-refractivity contribution < 1.29 is 14.3 Å². The monoisotopic (exact) mass is 469 g/mol. The van der Waals surface area contributed by atoms with Crippen LogP contribution < -0.4 is 14.8 Å². The molecule has 2 aromatic carbocycles. The molecule has 4 rings (SSSR count). The van der Waals surface area contributed by atoms with Crippen molar-refractivity contribution in [3.8, 4) is 22.6 Å². The van der Waals surface area contributed by atoms with Crippen LogP contribution in [0.15, 0.2) is 30.3 Å². The van der Waals surface area contributed by atoms with E-state index in [9.17, 15) is 4.79 Å². The van der Waals surface area contributed by atoms with Crippen molar-refractivity contribution in [2.24, 2.45) is 0 Å². The summed E-state index contributed by atoms with van der Waals surface area (Å²) in [4.78, 5) is 12.3. The Labute approximate surface area is 200 Å². The Morgan fingerprint density at radius 1 is 1.03 bits per heavy atom. The number of nitrogens with one attached hydrogen (secondary N) is 1. The number of hydrogen-bond acceptors (Lipinski definition) is 5. The Balaban J connectivity index is 1.84. The molecule has 0 spiro atoms. The van der Waals surface area contributed by atoms with Crippen LogP contribution in [0.1, 0.15) is 57.2 Å². The lowest BCUT2D eigenvalue weighted by molar-refractivity contribution is -0.118. The molecule has 6 heteroatoms. The minimum absolute atomic E-state index is 0.0443. The summed E-state index contributed by atoms with van der Waals surface area (Å²) in [6.45, 7) is 9.32. The summed E-state index contributed by atoms with van der Waals surface area (Å²) in [7, 11) is 3.36. The third-order valence-corrected chi connectivity index (χ3v) is 8.31. The third kappa shape index (κ3) is 4.03. The largest absolute Gasteiger partial charge is 0.496 e.